The fourth-order valence-corrected chi connectivity index (χ4v) is 3.05. The van der Waals surface area contributed by atoms with E-state index in [0.717, 1.165) is 27.2 Å². The maximum atomic E-state index is 5.92. The number of hydrogen-bond donors (Lipinski definition) is 1. The largest absolute Gasteiger partial charge is 0.465 e. The Bertz CT molecular complexity index is 689. The summed E-state index contributed by atoms with van der Waals surface area (Å²) < 4.78 is 7.45. The molecule has 0 aliphatic carbocycles. The van der Waals surface area contributed by atoms with Crippen LogP contribution in [-0.4, -0.2) is 0 Å². The van der Waals surface area contributed by atoms with Crippen LogP contribution >= 0.6 is 22.9 Å². The van der Waals surface area contributed by atoms with Gasteiger partial charge in [0.1, 0.15) is 18.0 Å². The molecule has 3 nitrogen and oxygen atoms in total. The Morgan fingerprint density at radius 2 is 2.05 bits per heavy atom. The van der Waals surface area contributed by atoms with Crippen LogP contribution in [0.15, 0.2) is 52.5 Å². The Hall–Kier alpha value is -1.78. The molecule has 0 saturated heterocycles. The van der Waals surface area contributed by atoms with Gasteiger partial charge in [0.25, 0.3) is 0 Å². The van der Waals surface area contributed by atoms with Gasteiger partial charge in [-0.15, -0.1) is 0 Å². The highest BCUT2D eigenvalue weighted by atomic mass is 35.5. The predicted molar refractivity (Wildman–Crippen MR) is 82.0 cm³/mol. The maximum absolute atomic E-state index is 5.92. The van der Waals surface area contributed by atoms with E-state index in [0.29, 0.717) is 6.54 Å². The summed E-state index contributed by atoms with van der Waals surface area (Å²) in [5.41, 5.74) is 2.31. The lowest BCUT2D eigenvalue weighted by Gasteiger charge is -2.00. The predicted octanol–water partition coefficient (Wildman–Crippen LogP) is 4.10. The van der Waals surface area contributed by atoms with Gasteiger partial charge in [0, 0.05) is 16.0 Å². The van der Waals surface area contributed by atoms with E-state index >= 15 is 0 Å². The third kappa shape index (κ3) is 2.71. The average molecular weight is 306 g/mol. The second kappa shape index (κ2) is 5.69. The van der Waals surface area contributed by atoms with Crippen LogP contribution in [0.3, 0.4) is 0 Å². The van der Waals surface area contributed by atoms with Crippen LogP contribution < -0.4 is 9.88 Å². The van der Waals surface area contributed by atoms with Gasteiger partial charge in [-0.25, -0.2) is 4.57 Å². The van der Waals surface area contributed by atoms with Gasteiger partial charge in [-0.1, -0.05) is 22.9 Å². The van der Waals surface area contributed by atoms with Crippen molar-refractivity contribution in [3.8, 4) is 11.3 Å². The lowest BCUT2D eigenvalue weighted by atomic mass is 10.2. The fraction of sp³-hybridized carbons (Fsp3) is 0.133. The minimum absolute atomic E-state index is 0.682. The molecule has 2 heterocycles. The molecule has 0 radical (unpaired) electrons. The monoisotopic (exact) mass is 305 g/mol. The summed E-state index contributed by atoms with van der Waals surface area (Å²) in [5, 5.41) is 7.35. The zero-order valence-electron chi connectivity index (χ0n) is 11.0. The van der Waals surface area contributed by atoms with E-state index in [1.165, 1.54) is 0 Å². The molecule has 3 aromatic rings. The lowest BCUT2D eigenvalue weighted by molar-refractivity contribution is -0.641. The summed E-state index contributed by atoms with van der Waals surface area (Å²) in [6.45, 7) is 0.682. The molecule has 0 amide bonds. The van der Waals surface area contributed by atoms with Crippen molar-refractivity contribution in [1.82, 2.24) is 0 Å². The van der Waals surface area contributed by atoms with Crippen molar-refractivity contribution >= 4 is 28.1 Å². The van der Waals surface area contributed by atoms with Crippen molar-refractivity contribution in [1.29, 1.82) is 0 Å². The molecule has 0 saturated carbocycles. The molecule has 0 unspecified atom stereocenters. The first-order chi connectivity index (χ1) is 9.74. The van der Waals surface area contributed by atoms with Gasteiger partial charge < -0.3 is 4.42 Å². The van der Waals surface area contributed by atoms with E-state index in [1.807, 2.05) is 43.4 Å². The highest BCUT2D eigenvalue weighted by Gasteiger charge is 2.15. The molecule has 1 N–H and O–H groups in total. The molecular formula is C15H14ClN2OS+. The van der Waals surface area contributed by atoms with Gasteiger partial charge in [0.05, 0.1) is 13.3 Å². The summed E-state index contributed by atoms with van der Waals surface area (Å²) in [6, 6.07) is 11.7. The standard InChI is InChI=1S/C15H13ClN2OS/c1-18-14(11-4-6-12(16)7-5-11)10-20-15(18)17-9-13-3-2-8-19-13/h2-8,10H,9H2,1H3/p+1. The van der Waals surface area contributed by atoms with Crippen molar-refractivity contribution < 1.29 is 8.98 Å². The van der Waals surface area contributed by atoms with Crippen LogP contribution in [0.1, 0.15) is 5.76 Å². The summed E-state index contributed by atoms with van der Waals surface area (Å²) in [7, 11) is 2.05. The second-order valence-electron chi connectivity index (χ2n) is 4.42. The maximum Gasteiger partial charge on any atom is 0.334 e. The smallest absolute Gasteiger partial charge is 0.334 e. The summed E-state index contributed by atoms with van der Waals surface area (Å²) >= 11 is 7.60. The lowest BCUT2D eigenvalue weighted by Crippen LogP contribution is -2.31. The minimum atomic E-state index is 0.682. The van der Waals surface area contributed by atoms with E-state index < -0.39 is 0 Å². The number of anilines is 1. The Balaban J connectivity index is 1.79. The topological polar surface area (TPSA) is 29.1 Å². The number of benzene rings is 1. The molecule has 0 bridgehead atoms. The van der Waals surface area contributed by atoms with Crippen molar-refractivity contribution in [2.24, 2.45) is 7.05 Å². The van der Waals surface area contributed by atoms with Crippen LogP contribution in [0.5, 0.6) is 0 Å². The number of rotatable bonds is 4. The van der Waals surface area contributed by atoms with Crippen molar-refractivity contribution in [3.63, 3.8) is 0 Å². The molecule has 0 aliphatic heterocycles. The van der Waals surface area contributed by atoms with Crippen LogP contribution in [0, 0.1) is 0 Å². The first kappa shape index (κ1) is 13.2. The number of furan rings is 1. The van der Waals surface area contributed by atoms with E-state index in [1.54, 1.807) is 17.6 Å². The molecule has 3 rings (SSSR count). The highest BCUT2D eigenvalue weighted by Crippen LogP contribution is 2.24. The molecular weight excluding hydrogens is 292 g/mol. The zero-order valence-corrected chi connectivity index (χ0v) is 12.5. The van der Waals surface area contributed by atoms with E-state index in [4.69, 9.17) is 16.0 Å². The first-order valence-electron chi connectivity index (χ1n) is 6.24. The average Bonchev–Trinajstić information content (AvgIpc) is 3.08. The summed E-state index contributed by atoms with van der Waals surface area (Å²) in [4.78, 5) is 0. The number of nitrogens with one attached hydrogen (secondary N) is 1. The molecule has 0 aliphatic rings. The third-order valence-electron chi connectivity index (χ3n) is 3.08. The SMILES string of the molecule is C[n+]1c(-c2ccc(Cl)cc2)csc1NCc1ccco1. The molecule has 0 fully saturated rings. The Morgan fingerprint density at radius 3 is 2.75 bits per heavy atom. The van der Waals surface area contributed by atoms with Gasteiger partial charge in [-0.2, -0.15) is 0 Å². The van der Waals surface area contributed by atoms with Crippen LogP contribution in [0.2, 0.25) is 5.02 Å². The molecule has 0 atom stereocenters. The molecule has 1 aromatic carbocycles. The minimum Gasteiger partial charge on any atom is -0.465 e. The molecule has 0 spiro atoms. The molecule has 5 heteroatoms. The number of halogens is 1. The van der Waals surface area contributed by atoms with Gasteiger partial charge >= 0.3 is 5.13 Å². The van der Waals surface area contributed by atoms with E-state index in [9.17, 15) is 0 Å². The first-order valence-corrected chi connectivity index (χ1v) is 7.49. The Morgan fingerprint density at radius 1 is 1.25 bits per heavy atom. The molecule has 2 aromatic heterocycles. The summed E-state index contributed by atoms with van der Waals surface area (Å²) in [5.74, 6) is 0.923. The molecule has 20 heavy (non-hydrogen) atoms. The van der Waals surface area contributed by atoms with Crippen LogP contribution in [-0.2, 0) is 13.6 Å². The number of nitrogens with zero attached hydrogens (tertiary/aromatic N) is 1. The van der Waals surface area contributed by atoms with E-state index in [2.05, 4.69) is 15.3 Å². The number of hydrogen-bond acceptors (Lipinski definition) is 3. The second-order valence-corrected chi connectivity index (χ2v) is 5.72. The van der Waals surface area contributed by atoms with Crippen molar-refractivity contribution in [2.45, 2.75) is 6.54 Å². The highest BCUT2D eigenvalue weighted by molar-refractivity contribution is 7.13. The van der Waals surface area contributed by atoms with E-state index in [-0.39, 0.29) is 0 Å². The Kier molecular flexibility index (Phi) is 3.76. The van der Waals surface area contributed by atoms with Crippen molar-refractivity contribution in [3.05, 3.63) is 58.8 Å². The van der Waals surface area contributed by atoms with Crippen LogP contribution in [0.25, 0.3) is 11.3 Å². The molecule has 102 valence electrons. The van der Waals surface area contributed by atoms with Gasteiger partial charge in [-0.3, -0.25) is 5.32 Å². The summed E-state index contributed by atoms with van der Waals surface area (Å²) in [6.07, 6.45) is 1.69. The third-order valence-corrected chi connectivity index (χ3v) is 4.32. The quantitative estimate of drug-likeness (QED) is 0.735. The van der Waals surface area contributed by atoms with Gasteiger partial charge in [-0.05, 0) is 36.4 Å². The number of aromatic nitrogens is 1. The Labute approximate surface area is 126 Å². The van der Waals surface area contributed by atoms with Gasteiger partial charge in [0.2, 0.25) is 0 Å². The van der Waals surface area contributed by atoms with Crippen molar-refractivity contribution in [2.75, 3.05) is 5.32 Å². The number of thiazole rings is 1. The van der Waals surface area contributed by atoms with Crippen LogP contribution in [0.4, 0.5) is 5.13 Å². The fourth-order valence-electron chi connectivity index (χ4n) is 2.00. The van der Waals surface area contributed by atoms with Gasteiger partial charge in [0.15, 0.2) is 0 Å². The zero-order chi connectivity index (χ0) is 13.9. The normalized spacial score (nSPS) is 10.7.